The lowest BCUT2D eigenvalue weighted by molar-refractivity contribution is -0.135. The van der Waals surface area contributed by atoms with Gasteiger partial charge in [0.1, 0.15) is 12.7 Å². The highest BCUT2D eigenvalue weighted by atomic mass is 16.2. The van der Waals surface area contributed by atoms with Gasteiger partial charge >= 0.3 is 0 Å². The van der Waals surface area contributed by atoms with Crippen LogP contribution in [0.15, 0.2) is 67.3 Å². The van der Waals surface area contributed by atoms with Gasteiger partial charge in [-0.2, -0.15) is 0 Å². The molecule has 0 atom stereocenters. The zero-order chi connectivity index (χ0) is 18.9. The zero-order valence-electron chi connectivity index (χ0n) is 14.7. The number of nitrogens with zero attached hydrogens (tertiary/aromatic N) is 4. The first-order valence-electron chi connectivity index (χ1n) is 8.66. The minimum Gasteiger partial charge on any atom is -0.369 e. The van der Waals surface area contributed by atoms with Crippen LogP contribution in [0, 0.1) is 5.41 Å². The van der Waals surface area contributed by atoms with Gasteiger partial charge in [0, 0.05) is 24.3 Å². The van der Waals surface area contributed by atoms with Crippen molar-refractivity contribution in [3.63, 3.8) is 0 Å². The Hall–Kier alpha value is -3.48. The van der Waals surface area contributed by atoms with E-state index in [0.717, 1.165) is 11.3 Å². The van der Waals surface area contributed by atoms with Gasteiger partial charge in [0.15, 0.2) is 0 Å². The molecule has 0 aliphatic carbocycles. The predicted octanol–water partition coefficient (Wildman–Crippen LogP) is 1.44. The van der Waals surface area contributed by atoms with Crippen molar-refractivity contribution in [1.29, 1.82) is 0 Å². The monoisotopic (exact) mass is 361 g/mol. The largest absolute Gasteiger partial charge is 0.369 e. The third-order valence-electron chi connectivity index (χ3n) is 4.99. The molecule has 0 saturated carbocycles. The molecule has 2 aromatic carbocycles. The first kappa shape index (κ1) is 17.0. The summed E-state index contributed by atoms with van der Waals surface area (Å²) >= 11 is 0. The van der Waals surface area contributed by atoms with Gasteiger partial charge in [-0.1, -0.05) is 36.4 Å². The van der Waals surface area contributed by atoms with E-state index in [-0.39, 0.29) is 11.8 Å². The Kier molecular flexibility index (Phi) is 4.19. The summed E-state index contributed by atoms with van der Waals surface area (Å²) in [6, 6.07) is 17.0. The lowest BCUT2D eigenvalue weighted by Gasteiger charge is -2.48. The van der Waals surface area contributed by atoms with Crippen LogP contribution in [-0.2, 0) is 11.2 Å². The van der Waals surface area contributed by atoms with Crippen molar-refractivity contribution >= 4 is 11.8 Å². The summed E-state index contributed by atoms with van der Waals surface area (Å²) in [4.78, 5) is 26.6. The zero-order valence-corrected chi connectivity index (χ0v) is 14.7. The van der Waals surface area contributed by atoms with Crippen LogP contribution in [0.25, 0.3) is 5.69 Å². The molecule has 136 valence electrons. The number of amides is 2. The van der Waals surface area contributed by atoms with Gasteiger partial charge in [-0.05, 0) is 30.2 Å². The Morgan fingerprint density at radius 2 is 1.70 bits per heavy atom. The van der Waals surface area contributed by atoms with Gasteiger partial charge in [0.05, 0.1) is 5.41 Å². The Labute approximate surface area is 156 Å². The van der Waals surface area contributed by atoms with Gasteiger partial charge in [0.2, 0.25) is 5.91 Å². The smallest absolute Gasteiger partial charge is 0.253 e. The summed E-state index contributed by atoms with van der Waals surface area (Å²) in [5, 5.41) is 7.56. The number of aromatic nitrogens is 3. The Morgan fingerprint density at radius 3 is 2.37 bits per heavy atom. The molecule has 2 amide bonds. The molecule has 7 heteroatoms. The van der Waals surface area contributed by atoms with E-state index in [2.05, 4.69) is 10.2 Å². The van der Waals surface area contributed by atoms with Gasteiger partial charge in [-0.15, -0.1) is 10.2 Å². The van der Waals surface area contributed by atoms with Crippen LogP contribution in [-0.4, -0.2) is 44.6 Å². The van der Waals surface area contributed by atoms with Crippen LogP contribution < -0.4 is 5.73 Å². The van der Waals surface area contributed by atoms with Gasteiger partial charge in [0.25, 0.3) is 5.91 Å². The first-order valence-corrected chi connectivity index (χ1v) is 8.66. The molecule has 1 aliphatic heterocycles. The number of hydrogen-bond acceptors (Lipinski definition) is 4. The first-order chi connectivity index (χ1) is 13.1. The number of carbonyl (C=O) groups excluding carboxylic acids is 2. The second-order valence-electron chi connectivity index (χ2n) is 6.89. The molecule has 1 aliphatic rings. The van der Waals surface area contributed by atoms with Crippen molar-refractivity contribution in [2.75, 3.05) is 13.1 Å². The second kappa shape index (κ2) is 6.68. The molecule has 0 bridgehead atoms. The quantitative estimate of drug-likeness (QED) is 0.744. The Balaban J connectivity index is 1.50. The standard InChI is InChI=1S/C20H19N5O2/c21-19(27)20(10-15-5-2-1-3-6-15)11-24(12-20)18(26)16-7-4-8-17(9-16)25-13-22-23-14-25/h1-9,13-14H,10-12H2,(H2,21,27). The SMILES string of the molecule is NC(=O)C1(Cc2ccccc2)CN(C(=O)c2cccc(-n3cnnc3)c2)C1. The Morgan fingerprint density at radius 1 is 1.00 bits per heavy atom. The topological polar surface area (TPSA) is 94.1 Å². The number of nitrogens with two attached hydrogens (primary N) is 1. The summed E-state index contributed by atoms with van der Waals surface area (Å²) < 4.78 is 1.73. The number of carbonyl (C=O) groups is 2. The van der Waals surface area contributed by atoms with E-state index in [1.54, 1.807) is 34.3 Å². The van der Waals surface area contributed by atoms with Gasteiger partial charge in [-0.25, -0.2) is 0 Å². The number of hydrogen-bond donors (Lipinski definition) is 1. The molecule has 0 spiro atoms. The highest BCUT2D eigenvalue weighted by molar-refractivity contribution is 5.97. The number of benzene rings is 2. The van der Waals surface area contributed by atoms with Crippen molar-refractivity contribution in [3.05, 3.63) is 78.4 Å². The van der Waals surface area contributed by atoms with Crippen LogP contribution in [0.1, 0.15) is 15.9 Å². The predicted molar refractivity (Wildman–Crippen MR) is 99.0 cm³/mol. The molecule has 1 aromatic heterocycles. The lowest BCUT2D eigenvalue weighted by Crippen LogP contribution is -2.64. The van der Waals surface area contributed by atoms with Crippen LogP contribution >= 0.6 is 0 Å². The molecule has 4 rings (SSSR count). The summed E-state index contributed by atoms with van der Waals surface area (Å²) in [5.74, 6) is -0.483. The fourth-order valence-corrected chi connectivity index (χ4v) is 3.49. The molecule has 1 saturated heterocycles. The van der Waals surface area contributed by atoms with E-state index in [1.165, 1.54) is 0 Å². The molecule has 0 unspecified atom stereocenters. The lowest BCUT2D eigenvalue weighted by atomic mass is 9.74. The van der Waals surface area contributed by atoms with Crippen molar-refractivity contribution in [1.82, 2.24) is 19.7 Å². The number of primary amides is 1. The van der Waals surface area contributed by atoms with Crippen LogP contribution in [0.4, 0.5) is 0 Å². The Bertz CT molecular complexity index is 963. The maximum Gasteiger partial charge on any atom is 0.253 e. The minimum absolute atomic E-state index is 0.116. The highest BCUT2D eigenvalue weighted by Crippen LogP contribution is 2.35. The van der Waals surface area contributed by atoms with Crippen molar-refractivity contribution in [3.8, 4) is 5.69 Å². The van der Waals surface area contributed by atoms with Crippen molar-refractivity contribution in [2.24, 2.45) is 11.1 Å². The molecule has 7 nitrogen and oxygen atoms in total. The third-order valence-corrected chi connectivity index (χ3v) is 4.99. The van der Waals surface area contributed by atoms with Gasteiger partial charge < -0.3 is 10.6 Å². The summed E-state index contributed by atoms with van der Waals surface area (Å²) in [6.45, 7) is 0.653. The molecule has 2 N–H and O–H groups in total. The summed E-state index contributed by atoms with van der Waals surface area (Å²) in [7, 11) is 0. The van der Waals surface area contributed by atoms with E-state index >= 15 is 0 Å². The maximum absolute atomic E-state index is 12.8. The average Bonchev–Trinajstić information content (AvgIpc) is 3.19. The van der Waals surface area contributed by atoms with Crippen LogP contribution in [0.2, 0.25) is 0 Å². The average molecular weight is 361 g/mol. The van der Waals surface area contributed by atoms with Crippen LogP contribution in [0.5, 0.6) is 0 Å². The molecular weight excluding hydrogens is 342 g/mol. The van der Waals surface area contributed by atoms with Gasteiger partial charge in [-0.3, -0.25) is 14.2 Å². The van der Waals surface area contributed by atoms with E-state index in [1.807, 2.05) is 42.5 Å². The minimum atomic E-state index is -0.705. The molecule has 0 radical (unpaired) electrons. The normalized spacial score (nSPS) is 15.2. The van der Waals surface area contributed by atoms with E-state index in [9.17, 15) is 9.59 Å². The summed E-state index contributed by atoms with van der Waals surface area (Å²) in [5.41, 5.74) is 7.37. The highest BCUT2D eigenvalue weighted by Gasteiger charge is 2.49. The maximum atomic E-state index is 12.8. The van der Waals surface area contributed by atoms with Crippen molar-refractivity contribution < 1.29 is 9.59 Å². The molecule has 27 heavy (non-hydrogen) atoms. The van der Waals surface area contributed by atoms with E-state index < -0.39 is 5.41 Å². The number of likely N-dealkylation sites (tertiary alicyclic amines) is 1. The molecule has 1 fully saturated rings. The van der Waals surface area contributed by atoms with E-state index in [0.29, 0.717) is 25.1 Å². The molecule has 2 heterocycles. The molecule has 3 aromatic rings. The molecular formula is C20H19N5O2. The van der Waals surface area contributed by atoms with E-state index in [4.69, 9.17) is 5.73 Å². The van der Waals surface area contributed by atoms with Crippen molar-refractivity contribution in [2.45, 2.75) is 6.42 Å². The summed E-state index contributed by atoms with van der Waals surface area (Å²) in [6.07, 6.45) is 3.68. The van der Waals surface area contributed by atoms with Crippen LogP contribution in [0.3, 0.4) is 0 Å². The second-order valence-corrected chi connectivity index (χ2v) is 6.89. The fourth-order valence-electron chi connectivity index (χ4n) is 3.49. The number of rotatable bonds is 5. The third kappa shape index (κ3) is 3.19. The fraction of sp³-hybridized carbons (Fsp3) is 0.200.